The molecule has 0 aliphatic rings. The zero-order valence-corrected chi connectivity index (χ0v) is 12.7. The molecular formula is C17H16N6. The van der Waals surface area contributed by atoms with Crippen LogP contribution >= 0.6 is 0 Å². The first kappa shape index (κ1) is 13.7. The molecule has 0 aliphatic heterocycles. The minimum Gasteiger partial charge on any atom is -0.326 e. The van der Waals surface area contributed by atoms with Gasteiger partial charge in [-0.3, -0.25) is 5.10 Å². The third-order valence-electron chi connectivity index (χ3n) is 4.07. The fraction of sp³-hybridized carbons (Fsp3) is 0.118. The van der Waals surface area contributed by atoms with Crippen LogP contribution in [0.15, 0.2) is 49.2 Å². The van der Waals surface area contributed by atoms with Crippen molar-refractivity contribution in [2.75, 3.05) is 0 Å². The van der Waals surface area contributed by atoms with Crippen molar-refractivity contribution in [3.63, 3.8) is 0 Å². The SMILES string of the molecule is Cc1cc(-c2ncnn3cc(-c4cn[nH]c4)cc23)ccc1CN. The Morgan fingerprint density at radius 3 is 2.83 bits per heavy atom. The third kappa shape index (κ3) is 2.29. The van der Waals surface area contributed by atoms with E-state index in [-0.39, 0.29) is 0 Å². The lowest BCUT2D eigenvalue weighted by Gasteiger charge is -2.07. The van der Waals surface area contributed by atoms with Gasteiger partial charge in [0, 0.05) is 35.6 Å². The van der Waals surface area contributed by atoms with Crippen LogP contribution in [0.5, 0.6) is 0 Å². The Labute approximate surface area is 133 Å². The number of aryl methyl sites for hydroxylation is 1. The number of benzene rings is 1. The quantitative estimate of drug-likeness (QED) is 0.609. The van der Waals surface area contributed by atoms with Crippen LogP contribution in [0.1, 0.15) is 11.1 Å². The van der Waals surface area contributed by atoms with Gasteiger partial charge in [0.15, 0.2) is 0 Å². The fourth-order valence-corrected chi connectivity index (χ4v) is 2.79. The van der Waals surface area contributed by atoms with Gasteiger partial charge < -0.3 is 5.73 Å². The number of hydrogen-bond acceptors (Lipinski definition) is 4. The van der Waals surface area contributed by atoms with E-state index in [0.29, 0.717) is 6.54 Å². The summed E-state index contributed by atoms with van der Waals surface area (Å²) in [6.07, 6.45) is 7.21. The number of nitrogens with one attached hydrogen (secondary N) is 1. The van der Waals surface area contributed by atoms with Crippen LogP contribution in [0.4, 0.5) is 0 Å². The van der Waals surface area contributed by atoms with Crippen molar-refractivity contribution in [2.45, 2.75) is 13.5 Å². The number of H-pyrrole nitrogens is 1. The molecule has 1 aromatic carbocycles. The van der Waals surface area contributed by atoms with Crippen molar-refractivity contribution in [3.05, 3.63) is 60.3 Å². The Morgan fingerprint density at radius 1 is 1.17 bits per heavy atom. The van der Waals surface area contributed by atoms with Gasteiger partial charge in [-0.25, -0.2) is 9.50 Å². The average molecular weight is 304 g/mol. The number of hydrogen-bond donors (Lipinski definition) is 2. The predicted molar refractivity (Wildman–Crippen MR) is 88.6 cm³/mol. The molecule has 0 atom stereocenters. The summed E-state index contributed by atoms with van der Waals surface area (Å²) in [5.74, 6) is 0. The minimum absolute atomic E-state index is 0.543. The molecule has 0 amide bonds. The maximum absolute atomic E-state index is 5.75. The summed E-state index contributed by atoms with van der Waals surface area (Å²) in [7, 11) is 0. The summed E-state index contributed by atoms with van der Waals surface area (Å²) < 4.78 is 1.84. The molecule has 23 heavy (non-hydrogen) atoms. The number of aromatic nitrogens is 5. The number of aromatic amines is 1. The molecule has 4 rings (SSSR count). The lowest BCUT2D eigenvalue weighted by atomic mass is 10.0. The topological polar surface area (TPSA) is 84.9 Å². The van der Waals surface area contributed by atoms with E-state index in [1.54, 1.807) is 12.5 Å². The van der Waals surface area contributed by atoms with E-state index in [9.17, 15) is 0 Å². The normalized spacial score (nSPS) is 11.2. The second-order valence-electron chi connectivity index (χ2n) is 5.50. The van der Waals surface area contributed by atoms with E-state index in [1.165, 1.54) is 5.56 Å². The van der Waals surface area contributed by atoms with Crippen LogP contribution in [0.2, 0.25) is 0 Å². The van der Waals surface area contributed by atoms with Crippen LogP contribution in [0, 0.1) is 6.92 Å². The summed E-state index contributed by atoms with van der Waals surface area (Å²) in [5.41, 5.74) is 13.1. The highest BCUT2D eigenvalue weighted by molar-refractivity contribution is 5.81. The second-order valence-corrected chi connectivity index (χ2v) is 5.50. The molecule has 0 radical (unpaired) electrons. The van der Waals surface area contributed by atoms with Gasteiger partial charge in [-0.05, 0) is 30.2 Å². The third-order valence-corrected chi connectivity index (χ3v) is 4.07. The van der Waals surface area contributed by atoms with Crippen LogP contribution in [-0.4, -0.2) is 24.8 Å². The highest BCUT2D eigenvalue weighted by Crippen LogP contribution is 2.28. The second kappa shape index (κ2) is 5.33. The van der Waals surface area contributed by atoms with Crippen molar-refractivity contribution in [1.29, 1.82) is 0 Å². The molecular weight excluding hydrogens is 288 g/mol. The lowest BCUT2D eigenvalue weighted by molar-refractivity contribution is 0.906. The number of fused-ring (bicyclic) bond motifs is 1. The van der Waals surface area contributed by atoms with Crippen molar-refractivity contribution >= 4 is 5.52 Å². The van der Waals surface area contributed by atoms with Crippen molar-refractivity contribution in [3.8, 4) is 22.4 Å². The molecule has 114 valence electrons. The van der Waals surface area contributed by atoms with E-state index < -0.39 is 0 Å². The summed E-state index contributed by atoms with van der Waals surface area (Å²) in [4.78, 5) is 4.48. The highest BCUT2D eigenvalue weighted by Gasteiger charge is 2.11. The molecule has 0 saturated heterocycles. The molecule has 0 saturated carbocycles. The van der Waals surface area contributed by atoms with Gasteiger partial charge in [-0.15, -0.1) is 0 Å². The Balaban J connectivity index is 1.88. The zero-order chi connectivity index (χ0) is 15.8. The molecule has 3 aromatic heterocycles. The number of rotatable bonds is 3. The Hall–Kier alpha value is -2.99. The zero-order valence-electron chi connectivity index (χ0n) is 12.7. The van der Waals surface area contributed by atoms with Gasteiger partial charge in [-0.2, -0.15) is 10.2 Å². The highest BCUT2D eigenvalue weighted by atomic mass is 15.2. The largest absolute Gasteiger partial charge is 0.326 e. The molecule has 3 heterocycles. The van der Waals surface area contributed by atoms with Gasteiger partial charge in [0.2, 0.25) is 0 Å². The first-order valence-corrected chi connectivity index (χ1v) is 7.39. The van der Waals surface area contributed by atoms with Crippen molar-refractivity contribution < 1.29 is 0 Å². The van der Waals surface area contributed by atoms with Crippen LogP contribution in [0.3, 0.4) is 0 Å². The monoisotopic (exact) mass is 304 g/mol. The van der Waals surface area contributed by atoms with E-state index >= 15 is 0 Å². The standard InChI is InChI=1S/C17H16N6/c1-11-4-12(2-3-13(11)6-18)17-16-5-14(15-7-20-21-8-15)9-23(16)22-10-19-17/h2-5,7-10H,6,18H2,1H3,(H,20,21). The molecule has 0 spiro atoms. The van der Waals surface area contributed by atoms with Gasteiger partial charge >= 0.3 is 0 Å². The number of nitrogens with zero attached hydrogens (tertiary/aromatic N) is 4. The molecule has 4 aromatic rings. The fourth-order valence-electron chi connectivity index (χ4n) is 2.79. The van der Waals surface area contributed by atoms with Crippen molar-refractivity contribution in [1.82, 2.24) is 24.8 Å². The summed E-state index contributed by atoms with van der Waals surface area (Å²) in [6.45, 7) is 2.61. The van der Waals surface area contributed by atoms with E-state index in [4.69, 9.17) is 5.73 Å². The molecule has 0 fully saturated rings. The summed E-state index contributed by atoms with van der Waals surface area (Å²) in [5, 5.41) is 11.1. The summed E-state index contributed by atoms with van der Waals surface area (Å²) >= 11 is 0. The Morgan fingerprint density at radius 2 is 2.09 bits per heavy atom. The molecule has 6 heteroatoms. The van der Waals surface area contributed by atoms with Gasteiger partial charge in [0.25, 0.3) is 0 Å². The van der Waals surface area contributed by atoms with Crippen LogP contribution in [-0.2, 0) is 6.54 Å². The van der Waals surface area contributed by atoms with Gasteiger partial charge in [0.05, 0.1) is 17.4 Å². The van der Waals surface area contributed by atoms with Crippen molar-refractivity contribution in [2.24, 2.45) is 5.73 Å². The maximum Gasteiger partial charge on any atom is 0.137 e. The Bertz CT molecular complexity index is 968. The minimum atomic E-state index is 0.543. The van der Waals surface area contributed by atoms with E-state index in [1.807, 2.05) is 16.9 Å². The molecule has 6 nitrogen and oxygen atoms in total. The molecule has 0 aliphatic carbocycles. The predicted octanol–water partition coefficient (Wildman–Crippen LogP) is 2.55. The molecule has 3 N–H and O–H groups in total. The van der Waals surface area contributed by atoms with E-state index in [0.717, 1.165) is 33.5 Å². The van der Waals surface area contributed by atoms with Gasteiger partial charge in [-0.1, -0.05) is 12.1 Å². The van der Waals surface area contributed by atoms with E-state index in [2.05, 4.69) is 51.5 Å². The Kier molecular flexibility index (Phi) is 3.17. The van der Waals surface area contributed by atoms with Crippen LogP contribution in [0.25, 0.3) is 27.9 Å². The maximum atomic E-state index is 5.75. The lowest BCUT2D eigenvalue weighted by Crippen LogP contribution is -2.00. The smallest absolute Gasteiger partial charge is 0.137 e. The van der Waals surface area contributed by atoms with Gasteiger partial charge in [0.1, 0.15) is 6.33 Å². The molecule has 0 bridgehead atoms. The molecule has 0 unspecified atom stereocenters. The number of nitrogens with two attached hydrogens (primary N) is 1. The average Bonchev–Trinajstić information content (AvgIpc) is 3.23. The summed E-state index contributed by atoms with van der Waals surface area (Å²) in [6, 6.07) is 8.31. The first-order valence-electron chi connectivity index (χ1n) is 7.39. The van der Waals surface area contributed by atoms with Crippen LogP contribution < -0.4 is 5.73 Å². The first-order chi connectivity index (χ1) is 11.3.